The summed E-state index contributed by atoms with van der Waals surface area (Å²) in [6, 6.07) is 6.18. The fourth-order valence-corrected chi connectivity index (χ4v) is 2.24. The van der Waals surface area contributed by atoms with Crippen molar-refractivity contribution in [2.75, 3.05) is 11.9 Å². The van der Waals surface area contributed by atoms with Crippen molar-refractivity contribution in [2.24, 2.45) is 10.7 Å². The maximum Gasteiger partial charge on any atom is 0.193 e. The number of aromatic nitrogens is 2. The summed E-state index contributed by atoms with van der Waals surface area (Å²) in [6.07, 6.45) is 5.91. The number of nitrogens with one attached hydrogen (secondary N) is 1. The molecular formula is C17H26IN5. The molecule has 0 aliphatic carbocycles. The highest BCUT2D eigenvalue weighted by molar-refractivity contribution is 14.0. The highest BCUT2D eigenvalue weighted by Crippen LogP contribution is 2.13. The minimum absolute atomic E-state index is 0. The lowest BCUT2D eigenvalue weighted by atomic mass is 10.1. The molecule has 0 atom stereocenters. The lowest BCUT2D eigenvalue weighted by molar-refractivity contribution is 0.602. The van der Waals surface area contributed by atoms with Gasteiger partial charge in [0.15, 0.2) is 5.96 Å². The van der Waals surface area contributed by atoms with Crippen LogP contribution in [-0.4, -0.2) is 22.1 Å². The van der Waals surface area contributed by atoms with E-state index in [-0.39, 0.29) is 24.0 Å². The first-order valence-electron chi connectivity index (χ1n) is 7.68. The maximum absolute atomic E-state index is 5.92. The van der Waals surface area contributed by atoms with Crippen molar-refractivity contribution in [1.29, 1.82) is 0 Å². The number of halogens is 1. The number of hydrogen-bond acceptors (Lipinski definition) is 2. The molecule has 1 aromatic heterocycles. The molecule has 2 aromatic rings. The average Bonchev–Trinajstić information content (AvgIpc) is 2.88. The molecule has 3 N–H and O–H groups in total. The molecule has 0 radical (unpaired) electrons. The van der Waals surface area contributed by atoms with E-state index in [1.165, 1.54) is 11.1 Å². The molecule has 1 aromatic carbocycles. The second-order valence-corrected chi connectivity index (χ2v) is 5.57. The molecule has 0 unspecified atom stereocenters. The summed E-state index contributed by atoms with van der Waals surface area (Å²) in [5.74, 6) is 1.53. The highest BCUT2D eigenvalue weighted by atomic mass is 127. The van der Waals surface area contributed by atoms with Crippen LogP contribution in [0.5, 0.6) is 0 Å². The zero-order chi connectivity index (χ0) is 15.9. The fraction of sp³-hybridized carbons (Fsp3) is 0.412. The summed E-state index contributed by atoms with van der Waals surface area (Å²) in [5.41, 5.74) is 9.42. The van der Waals surface area contributed by atoms with Crippen LogP contribution in [0.1, 0.15) is 29.8 Å². The van der Waals surface area contributed by atoms with Crippen LogP contribution >= 0.6 is 24.0 Å². The Balaban J connectivity index is 0.00000264. The summed E-state index contributed by atoms with van der Waals surface area (Å²) in [4.78, 5) is 8.58. The Kier molecular flexibility index (Phi) is 8.08. The third kappa shape index (κ3) is 6.21. The molecule has 0 saturated heterocycles. The molecule has 0 saturated carbocycles. The van der Waals surface area contributed by atoms with Crippen molar-refractivity contribution in [1.82, 2.24) is 9.55 Å². The Morgan fingerprint density at radius 3 is 2.65 bits per heavy atom. The number of imidazole rings is 1. The van der Waals surface area contributed by atoms with E-state index in [1.54, 1.807) is 0 Å². The molecule has 0 bridgehead atoms. The molecule has 6 heteroatoms. The Bertz CT molecular complexity index is 648. The number of benzene rings is 1. The first-order valence-corrected chi connectivity index (χ1v) is 7.68. The van der Waals surface area contributed by atoms with Crippen molar-refractivity contribution in [3.8, 4) is 0 Å². The quantitative estimate of drug-likeness (QED) is 0.320. The molecule has 0 amide bonds. The van der Waals surface area contributed by atoms with Gasteiger partial charge >= 0.3 is 0 Å². The smallest absolute Gasteiger partial charge is 0.193 e. The molecule has 23 heavy (non-hydrogen) atoms. The zero-order valence-electron chi connectivity index (χ0n) is 14.0. The number of guanidine groups is 1. The third-order valence-electron chi connectivity index (χ3n) is 3.79. The van der Waals surface area contributed by atoms with Gasteiger partial charge in [0.1, 0.15) is 5.82 Å². The number of anilines is 1. The van der Waals surface area contributed by atoms with E-state index in [0.29, 0.717) is 5.96 Å². The molecular weight excluding hydrogens is 401 g/mol. The number of aliphatic imine (C=N–C) groups is 1. The minimum atomic E-state index is 0. The molecule has 0 aliphatic heterocycles. The van der Waals surface area contributed by atoms with E-state index in [9.17, 15) is 0 Å². The van der Waals surface area contributed by atoms with Crippen molar-refractivity contribution >= 4 is 35.6 Å². The van der Waals surface area contributed by atoms with Gasteiger partial charge in [-0.25, -0.2) is 4.98 Å². The van der Waals surface area contributed by atoms with Crippen LogP contribution in [0.25, 0.3) is 0 Å². The van der Waals surface area contributed by atoms with Crippen LogP contribution in [0.3, 0.4) is 0 Å². The van der Waals surface area contributed by atoms with Crippen LogP contribution in [0.15, 0.2) is 35.6 Å². The number of nitrogens with two attached hydrogens (primary N) is 1. The van der Waals surface area contributed by atoms with Crippen LogP contribution in [-0.2, 0) is 6.54 Å². The number of aryl methyl sites for hydroxylation is 4. The molecule has 0 aliphatic rings. The second-order valence-electron chi connectivity index (χ2n) is 5.57. The Labute approximate surface area is 155 Å². The van der Waals surface area contributed by atoms with E-state index in [4.69, 9.17) is 5.73 Å². The van der Waals surface area contributed by atoms with Crippen LogP contribution in [0.2, 0.25) is 0 Å². The summed E-state index contributed by atoms with van der Waals surface area (Å²) in [5, 5.41) is 3.14. The van der Waals surface area contributed by atoms with Gasteiger partial charge in [-0.3, -0.25) is 4.99 Å². The van der Waals surface area contributed by atoms with Gasteiger partial charge in [0.25, 0.3) is 0 Å². The van der Waals surface area contributed by atoms with Gasteiger partial charge in [-0.1, -0.05) is 6.07 Å². The number of unbranched alkanes of at least 4 members (excludes halogenated alkanes) is 1. The summed E-state index contributed by atoms with van der Waals surface area (Å²) in [7, 11) is 0. The number of hydrogen-bond donors (Lipinski definition) is 2. The summed E-state index contributed by atoms with van der Waals surface area (Å²) in [6.45, 7) is 7.91. The largest absolute Gasteiger partial charge is 0.370 e. The minimum Gasteiger partial charge on any atom is -0.370 e. The van der Waals surface area contributed by atoms with Gasteiger partial charge in [-0.15, -0.1) is 24.0 Å². The molecule has 2 rings (SSSR count). The van der Waals surface area contributed by atoms with Crippen LogP contribution in [0.4, 0.5) is 5.69 Å². The topological polar surface area (TPSA) is 68.2 Å². The molecule has 126 valence electrons. The third-order valence-corrected chi connectivity index (χ3v) is 3.79. The monoisotopic (exact) mass is 427 g/mol. The Morgan fingerprint density at radius 1 is 1.22 bits per heavy atom. The van der Waals surface area contributed by atoms with E-state index >= 15 is 0 Å². The predicted molar refractivity (Wildman–Crippen MR) is 108 cm³/mol. The lowest BCUT2D eigenvalue weighted by Gasteiger charge is -2.08. The second kappa shape index (κ2) is 9.54. The molecule has 1 heterocycles. The summed E-state index contributed by atoms with van der Waals surface area (Å²) >= 11 is 0. The lowest BCUT2D eigenvalue weighted by Crippen LogP contribution is -2.23. The van der Waals surface area contributed by atoms with Gasteiger partial charge in [-0.05, 0) is 56.9 Å². The van der Waals surface area contributed by atoms with E-state index in [1.807, 2.05) is 25.4 Å². The highest BCUT2D eigenvalue weighted by Gasteiger charge is 1.99. The van der Waals surface area contributed by atoms with E-state index in [0.717, 1.165) is 37.4 Å². The van der Waals surface area contributed by atoms with Crippen LogP contribution in [0, 0.1) is 20.8 Å². The average molecular weight is 427 g/mol. The first-order chi connectivity index (χ1) is 10.6. The molecule has 5 nitrogen and oxygen atoms in total. The normalized spacial score (nSPS) is 11.2. The van der Waals surface area contributed by atoms with Crippen molar-refractivity contribution in [2.45, 2.75) is 40.2 Å². The Morgan fingerprint density at radius 2 is 2.00 bits per heavy atom. The van der Waals surface area contributed by atoms with Gasteiger partial charge in [0.2, 0.25) is 0 Å². The van der Waals surface area contributed by atoms with Gasteiger partial charge in [0.05, 0.1) is 0 Å². The number of rotatable bonds is 6. The summed E-state index contributed by atoms with van der Waals surface area (Å²) < 4.78 is 2.15. The van der Waals surface area contributed by atoms with Gasteiger partial charge in [-0.2, -0.15) is 0 Å². The Hall–Kier alpha value is -1.57. The zero-order valence-corrected chi connectivity index (χ0v) is 16.4. The van der Waals surface area contributed by atoms with Crippen molar-refractivity contribution in [3.63, 3.8) is 0 Å². The number of nitrogens with zero attached hydrogens (tertiary/aromatic N) is 3. The maximum atomic E-state index is 5.92. The van der Waals surface area contributed by atoms with Gasteiger partial charge < -0.3 is 15.6 Å². The standard InChI is InChI=1S/C17H25N5.HI/c1-13-6-7-16(12-14(13)2)21-17(18)20-8-4-5-10-22-11-9-19-15(22)3;/h6-7,9,11-12H,4-5,8,10H2,1-3H3,(H3,18,20,21);1H. The SMILES string of the molecule is Cc1ccc(NC(N)=NCCCCn2ccnc2C)cc1C.I. The molecule has 0 fully saturated rings. The van der Waals surface area contributed by atoms with Crippen molar-refractivity contribution in [3.05, 3.63) is 47.5 Å². The van der Waals surface area contributed by atoms with Gasteiger partial charge in [0, 0.05) is 31.2 Å². The van der Waals surface area contributed by atoms with Crippen molar-refractivity contribution < 1.29 is 0 Å². The fourth-order valence-electron chi connectivity index (χ4n) is 2.24. The van der Waals surface area contributed by atoms with E-state index in [2.05, 4.69) is 45.8 Å². The first kappa shape index (κ1) is 19.5. The predicted octanol–water partition coefficient (Wildman–Crippen LogP) is 3.63. The van der Waals surface area contributed by atoms with Crippen LogP contribution < -0.4 is 11.1 Å². The molecule has 0 spiro atoms. The van der Waals surface area contributed by atoms with E-state index < -0.39 is 0 Å².